The minimum atomic E-state index is 0.901. The third-order valence-electron chi connectivity index (χ3n) is 9.69. The van der Waals surface area contributed by atoms with Gasteiger partial charge in [0, 0.05) is 43.6 Å². The van der Waals surface area contributed by atoms with Crippen molar-refractivity contribution in [2.75, 3.05) is 0 Å². The van der Waals surface area contributed by atoms with Crippen molar-refractivity contribution in [2.45, 2.75) is 0 Å². The summed E-state index contributed by atoms with van der Waals surface area (Å²) >= 11 is 0. The van der Waals surface area contributed by atoms with Gasteiger partial charge in [-0.2, -0.15) is 0 Å². The Hall–Kier alpha value is -6.45. The lowest BCUT2D eigenvalue weighted by molar-refractivity contribution is 1.09. The zero-order valence-electron chi connectivity index (χ0n) is 26.1. The first-order valence-electron chi connectivity index (χ1n) is 16.4. The van der Waals surface area contributed by atoms with Crippen molar-refractivity contribution in [3.63, 3.8) is 0 Å². The van der Waals surface area contributed by atoms with E-state index in [0.717, 1.165) is 44.9 Å². The van der Waals surface area contributed by atoms with Gasteiger partial charge in [-0.3, -0.25) is 4.57 Å². The van der Waals surface area contributed by atoms with Crippen LogP contribution in [0.4, 0.5) is 0 Å². The summed E-state index contributed by atoms with van der Waals surface area (Å²) in [5.74, 6) is 0.901. The van der Waals surface area contributed by atoms with Crippen LogP contribution in [0.3, 0.4) is 0 Å². The Morgan fingerprint density at radius 2 is 0.792 bits per heavy atom. The smallest absolute Gasteiger partial charge is 0.138 e. The minimum Gasteiger partial charge on any atom is -0.309 e. The molecule has 10 aromatic rings. The second-order valence-electron chi connectivity index (χ2n) is 12.4. The lowest BCUT2D eigenvalue weighted by atomic mass is 10.0. The molecule has 0 atom stereocenters. The van der Waals surface area contributed by atoms with E-state index >= 15 is 0 Å². The Morgan fingerprint density at radius 3 is 1.40 bits per heavy atom. The highest BCUT2D eigenvalue weighted by molar-refractivity contribution is 6.26. The van der Waals surface area contributed by atoms with Crippen LogP contribution < -0.4 is 0 Å². The van der Waals surface area contributed by atoms with Crippen LogP contribution in [0, 0.1) is 0 Å². The molecular formula is C45H29N3. The quantitative estimate of drug-likeness (QED) is 0.194. The number of para-hydroxylation sites is 3. The van der Waals surface area contributed by atoms with Crippen LogP contribution in [-0.4, -0.2) is 14.1 Å². The standard InChI is InChI=1S/C45H29N3/c1-4-14-30(15-5-1)32-28-40(31-16-6-2-7-17-31)46-43(29-32)48-42-23-13-11-21-35(42)37-25-26-38-39(45(37)48)27-24-36-34-20-10-12-22-41(34)47(44(36)38)33-18-8-3-9-19-33/h1-29H. The summed E-state index contributed by atoms with van der Waals surface area (Å²) in [5, 5.41) is 7.35. The Bertz CT molecular complexity index is 2750. The van der Waals surface area contributed by atoms with Gasteiger partial charge in [0.25, 0.3) is 0 Å². The summed E-state index contributed by atoms with van der Waals surface area (Å²) in [5.41, 5.74) is 10.2. The normalized spacial score (nSPS) is 11.8. The second kappa shape index (κ2) is 10.5. The molecule has 3 heterocycles. The van der Waals surface area contributed by atoms with Gasteiger partial charge >= 0.3 is 0 Å². The van der Waals surface area contributed by atoms with Crippen LogP contribution >= 0.6 is 0 Å². The third kappa shape index (κ3) is 3.98. The molecular weight excluding hydrogens is 583 g/mol. The van der Waals surface area contributed by atoms with E-state index in [1.807, 2.05) is 0 Å². The van der Waals surface area contributed by atoms with E-state index in [-0.39, 0.29) is 0 Å². The molecule has 0 unspecified atom stereocenters. The summed E-state index contributed by atoms with van der Waals surface area (Å²) in [6.45, 7) is 0. The summed E-state index contributed by atoms with van der Waals surface area (Å²) < 4.78 is 4.81. The summed E-state index contributed by atoms with van der Waals surface area (Å²) in [7, 11) is 0. The molecule has 48 heavy (non-hydrogen) atoms. The van der Waals surface area contributed by atoms with Crippen LogP contribution in [0.2, 0.25) is 0 Å². The average Bonchev–Trinajstić information content (AvgIpc) is 3.69. The Kier molecular flexibility index (Phi) is 5.87. The molecule has 3 nitrogen and oxygen atoms in total. The molecule has 0 saturated heterocycles. The molecule has 0 amide bonds. The maximum absolute atomic E-state index is 5.40. The maximum Gasteiger partial charge on any atom is 0.138 e. The number of benzene rings is 7. The number of fused-ring (bicyclic) bond motifs is 9. The van der Waals surface area contributed by atoms with Crippen molar-refractivity contribution in [1.82, 2.24) is 14.1 Å². The van der Waals surface area contributed by atoms with E-state index in [1.165, 1.54) is 43.4 Å². The van der Waals surface area contributed by atoms with Gasteiger partial charge in [-0.25, -0.2) is 4.98 Å². The molecule has 224 valence electrons. The lowest BCUT2D eigenvalue weighted by Crippen LogP contribution is -2.01. The van der Waals surface area contributed by atoms with E-state index in [4.69, 9.17) is 4.98 Å². The van der Waals surface area contributed by atoms with Crippen molar-refractivity contribution in [3.8, 4) is 33.9 Å². The first-order valence-corrected chi connectivity index (χ1v) is 16.4. The van der Waals surface area contributed by atoms with Crippen molar-refractivity contribution in [2.24, 2.45) is 0 Å². The molecule has 10 rings (SSSR count). The maximum atomic E-state index is 5.40. The van der Waals surface area contributed by atoms with Crippen molar-refractivity contribution >= 4 is 54.4 Å². The number of pyridine rings is 1. The van der Waals surface area contributed by atoms with Crippen LogP contribution in [0.15, 0.2) is 176 Å². The topological polar surface area (TPSA) is 22.8 Å². The summed E-state index contributed by atoms with van der Waals surface area (Å²) in [6, 6.07) is 63.0. The van der Waals surface area contributed by atoms with E-state index in [9.17, 15) is 0 Å². The Morgan fingerprint density at radius 1 is 0.333 bits per heavy atom. The largest absolute Gasteiger partial charge is 0.309 e. The highest BCUT2D eigenvalue weighted by atomic mass is 15.1. The van der Waals surface area contributed by atoms with Gasteiger partial charge in [-0.1, -0.05) is 140 Å². The number of nitrogens with zero attached hydrogens (tertiary/aromatic N) is 3. The molecule has 0 fully saturated rings. The average molecular weight is 612 g/mol. The predicted octanol–water partition coefficient (Wildman–Crippen LogP) is 11.8. The molecule has 0 aliphatic rings. The molecule has 0 bridgehead atoms. The van der Waals surface area contributed by atoms with Gasteiger partial charge in [0.2, 0.25) is 0 Å². The highest BCUT2D eigenvalue weighted by Crippen LogP contribution is 2.42. The molecule has 0 radical (unpaired) electrons. The zero-order chi connectivity index (χ0) is 31.6. The van der Waals surface area contributed by atoms with E-state index in [0.29, 0.717) is 0 Å². The van der Waals surface area contributed by atoms with Crippen molar-refractivity contribution in [3.05, 3.63) is 176 Å². The fourth-order valence-electron chi connectivity index (χ4n) is 7.59. The van der Waals surface area contributed by atoms with E-state index < -0.39 is 0 Å². The fourth-order valence-corrected chi connectivity index (χ4v) is 7.59. The molecule has 0 spiro atoms. The Balaban J connectivity index is 1.36. The summed E-state index contributed by atoms with van der Waals surface area (Å²) in [6.07, 6.45) is 0. The Labute approximate surface area is 277 Å². The molecule has 0 N–H and O–H groups in total. The van der Waals surface area contributed by atoms with Crippen LogP contribution in [0.1, 0.15) is 0 Å². The van der Waals surface area contributed by atoms with Gasteiger partial charge in [0.1, 0.15) is 5.82 Å². The monoisotopic (exact) mass is 611 g/mol. The molecule has 7 aromatic carbocycles. The van der Waals surface area contributed by atoms with Gasteiger partial charge in [0.05, 0.1) is 27.8 Å². The first-order chi connectivity index (χ1) is 23.8. The lowest BCUT2D eigenvalue weighted by Gasteiger charge is -2.14. The van der Waals surface area contributed by atoms with Gasteiger partial charge in [-0.05, 0) is 47.5 Å². The fraction of sp³-hybridized carbons (Fsp3) is 0. The predicted molar refractivity (Wildman–Crippen MR) is 201 cm³/mol. The SMILES string of the molecule is c1ccc(-c2cc(-c3ccccc3)nc(-n3c4ccccc4c4ccc5c(ccc6c7ccccc7n(-c7ccccc7)c65)c43)c2)cc1. The molecule has 3 aromatic heterocycles. The van der Waals surface area contributed by atoms with Crippen LogP contribution in [0.5, 0.6) is 0 Å². The zero-order valence-corrected chi connectivity index (χ0v) is 26.1. The molecule has 0 aliphatic carbocycles. The first kappa shape index (κ1) is 26.7. The van der Waals surface area contributed by atoms with E-state index in [2.05, 4.69) is 185 Å². The molecule has 0 aliphatic heterocycles. The molecule has 0 saturated carbocycles. The second-order valence-corrected chi connectivity index (χ2v) is 12.4. The van der Waals surface area contributed by atoms with Crippen molar-refractivity contribution < 1.29 is 0 Å². The summed E-state index contributed by atoms with van der Waals surface area (Å²) in [4.78, 5) is 5.40. The minimum absolute atomic E-state index is 0.901. The highest BCUT2D eigenvalue weighted by Gasteiger charge is 2.21. The van der Waals surface area contributed by atoms with E-state index in [1.54, 1.807) is 0 Å². The number of hydrogen-bond acceptors (Lipinski definition) is 1. The number of aromatic nitrogens is 3. The van der Waals surface area contributed by atoms with Crippen LogP contribution in [-0.2, 0) is 0 Å². The van der Waals surface area contributed by atoms with Crippen molar-refractivity contribution in [1.29, 1.82) is 0 Å². The van der Waals surface area contributed by atoms with Gasteiger partial charge in [-0.15, -0.1) is 0 Å². The van der Waals surface area contributed by atoms with Gasteiger partial charge in [0.15, 0.2) is 0 Å². The van der Waals surface area contributed by atoms with Gasteiger partial charge < -0.3 is 4.57 Å². The third-order valence-corrected chi connectivity index (χ3v) is 9.69. The number of hydrogen-bond donors (Lipinski definition) is 0. The van der Waals surface area contributed by atoms with Crippen LogP contribution in [0.25, 0.3) is 88.3 Å². The number of rotatable bonds is 4. The molecule has 3 heteroatoms.